The lowest BCUT2D eigenvalue weighted by atomic mass is 10.0. The van der Waals surface area contributed by atoms with Crippen molar-refractivity contribution >= 4 is 11.4 Å². The van der Waals surface area contributed by atoms with Crippen molar-refractivity contribution in [2.45, 2.75) is 0 Å². The van der Waals surface area contributed by atoms with Crippen LogP contribution >= 0.6 is 0 Å². The van der Waals surface area contributed by atoms with E-state index < -0.39 is 0 Å². The first-order chi connectivity index (χ1) is 10.2. The Labute approximate surface area is 123 Å². The maximum atomic E-state index is 6.14. The van der Waals surface area contributed by atoms with Crippen molar-refractivity contribution in [1.29, 1.82) is 0 Å². The van der Waals surface area contributed by atoms with E-state index >= 15 is 0 Å². The van der Waals surface area contributed by atoms with Crippen LogP contribution < -0.4 is 16.2 Å². The number of benzene rings is 3. The first-order valence-electron chi connectivity index (χ1n) is 6.71. The summed E-state index contributed by atoms with van der Waals surface area (Å²) in [6.45, 7) is 0. The van der Waals surface area contributed by atoms with Crippen molar-refractivity contribution in [3.05, 3.63) is 72.8 Å². The molecule has 0 bridgehead atoms. The molecule has 0 aliphatic rings. The molecule has 0 fully saturated rings. The Morgan fingerprint density at radius 1 is 0.714 bits per heavy atom. The second-order valence-electron chi connectivity index (χ2n) is 4.76. The van der Waals surface area contributed by atoms with Crippen molar-refractivity contribution in [2.75, 3.05) is 11.5 Å². The third kappa shape index (κ3) is 2.82. The highest BCUT2D eigenvalue weighted by Gasteiger charge is 2.11. The lowest BCUT2D eigenvalue weighted by Gasteiger charge is -2.14. The molecule has 104 valence electrons. The fourth-order valence-electron chi connectivity index (χ4n) is 2.25. The molecule has 3 nitrogen and oxygen atoms in total. The summed E-state index contributed by atoms with van der Waals surface area (Å²) in [6, 6.07) is 22.9. The number of rotatable bonds is 3. The van der Waals surface area contributed by atoms with Crippen LogP contribution in [0.1, 0.15) is 0 Å². The van der Waals surface area contributed by atoms with Crippen LogP contribution in [0.3, 0.4) is 0 Å². The van der Waals surface area contributed by atoms with Crippen LogP contribution in [0, 0.1) is 0 Å². The maximum absolute atomic E-state index is 6.14. The number of ether oxygens (including phenoxy) is 1. The summed E-state index contributed by atoms with van der Waals surface area (Å²) >= 11 is 0. The van der Waals surface area contributed by atoms with Gasteiger partial charge in [0.15, 0.2) is 0 Å². The number of hydrogen-bond acceptors (Lipinski definition) is 3. The zero-order valence-corrected chi connectivity index (χ0v) is 11.5. The minimum atomic E-state index is 0.661. The van der Waals surface area contributed by atoms with E-state index in [0.29, 0.717) is 17.1 Å². The van der Waals surface area contributed by atoms with E-state index in [1.54, 1.807) is 0 Å². The summed E-state index contributed by atoms with van der Waals surface area (Å²) in [5.74, 6) is 1.49. The maximum Gasteiger partial charge on any atom is 0.137 e. The van der Waals surface area contributed by atoms with Gasteiger partial charge in [-0.3, -0.25) is 0 Å². The Kier molecular flexibility index (Phi) is 3.48. The summed E-state index contributed by atoms with van der Waals surface area (Å²) in [5.41, 5.74) is 15.2. The Morgan fingerprint density at radius 3 is 2.24 bits per heavy atom. The van der Waals surface area contributed by atoms with E-state index in [-0.39, 0.29) is 0 Å². The van der Waals surface area contributed by atoms with Crippen molar-refractivity contribution in [3.63, 3.8) is 0 Å². The van der Waals surface area contributed by atoms with Crippen molar-refractivity contribution in [3.8, 4) is 22.6 Å². The van der Waals surface area contributed by atoms with Crippen LogP contribution in [-0.4, -0.2) is 0 Å². The number of hydrogen-bond donors (Lipinski definition) is 2. The highest BCUT2D eigenvalue weighted by Crippen LogP contribution is 2.38. The normalized spacial score (nSPS) is 10.3. The molecule has 0 unspecified atom stereocenters. The third-order valence-electron chi connectivity index (χ3n) is 3.20. The average Bonchev–Trinajstić information content (AvgIpc) is 2.48. The predicted octanol–water partition coefficient (Wildman–Crippen LogP) is 4.31. The van der Waals surface area contributed by atoms with Gasteiger partial charge in [0.2, 0.25) is 0 Å². The highest BCUT2D eigenvalue weighted by molar-refractivity contribution is 5.83. The van der Waals surface area contributed by atoms with Gasteiger partial charge in [0.1, 0.15) is 11.5 Å². The molecule has 4 N–H and O–H groups in total. The molecule has 0 aromatic heterocycles. The van der Waals surface area contributed by atoms with Gasteiger partial charge in [0, 0.05) is 16.9 Å². The predicted molar refractivity (Wildman–Crippen MR) is 87.2 cm³/mol. The molecule has 0 amide bonds. The van der Waals surface area contributed by atoms with E-state index in [9.17, 15) is 0 Å². The topological polar surface area (TPSA) is 61.3 Å². The largest absolute Gasteiger partial charge is 0.457 e. The molecule has 0 saturated carbocycles. The quantitative estimate of drug-likeness (QED) is 0.701. The smallest absolute Gasteiger partial charge is 0.137 e. The highest BCUT2D eigenvalue weighted by atomic mass is 16.5. The molecule has 3 aromatic rings. The number of nitrogen functional groups attached to an aromatic ring is 2. The SMILES string of the molecule is Nc1cccc(-c2c(N)cccc2Oc2ccccc2)c1. The molecule has 3 heteroatoms. The Balaban J connectivity index is 2.08. The molecule has 0 atom stereocenters. The molecule has 3 aromatic carbocycles. The van der Waals surface area contributed by atoms with Crippen molar-refractivity contribution in [1.82, 2.24) is 0 Å². The van der Waals surface area contributed by atoms with Gasteiger partial charge in [-0.05, 0) is 42.0 Å². The molecular weight excluding hydrogens is 260 g/mol. The van der Waals surface area contributed by atoms with Gasteiger partial charge < -0.3 is 16.2 Å². The van der Waals surface area contributed by atoms with E-state index in [2.05, 4.69) is 0 Å². The Hall–Kier alpha value is -2.94. The van der Waals surface area contributed by atoms with E-state index in [1.165, 1.54) is 0 Å². The molecule has 0 aliphatic heterocycles. The van der Waals surface area contributed by atoms with Gasteiger partial charge in [-0.1, -0.05) is 36.4 Å². The minimum Gasteiger partial charge on any atom is -0.457 e. The zero-order chi connectivity index (χ0) is 14.7. The number of anilines is 2. The third-order valence-corrected chi connectivity index (χ3v) is 3.20. The van der Waals surface area contributed by atoms with Crippen LogP contribution in [0.2, 0.25) is 0 Å². The number of para-hydroxylation sites is 1. The number of nitrogens with two attached hydrogens (primary N) is 2. The standard InChI is InChI=1S/C18H16N2O/c19-14-7-4-6-13(12-14)18-16(20)10-5-11-17(18)21-15-8-2-1-3-9-15/h1-12H,19-20H2. The van der Waals surface area contributed by atoms with Gasteiger partial charge in [0.05, 0.1) is 0 Å². The van der Waals surface area contributed by atoms with Gasteiger partial charge in [-0.2, -0.15) is 0 Å². The second kappa shape index (κ2) is 5.59. The molecule has 3 rings (SSSR count). The lowest BCUT2D eigenvalue weighted by Crippen LogP contribution is -1.95. The summed E-state index contributed by atoms with van der Waals surface area (Å²) < 4.78 is 5.96. The summed E-state index contributed by atoms with van der Waals surface area (Å²) in [4.78, 5) is 0. The summed E-state index contributed by atoms with van der Waals surface area (Å²) in [6.07, 6.45) is 0. The lowest BCUT2D eigenvalue weighted by molar-refractivity contribution is 0.485. The molecule has 21 heavy (non-hydrogen) atoms. The molecule has 0 heterocycles. The second-order valence-corrected chi connectivity index (χ2v) is 4.76. The van der Waals surface area contributed by atoms with Crippen LogP contribution in [-0.2, 0) is 0 Å². The van der Waals surface area contributed by atoms with Gasteiger partial charge >= 0.3 is 0 Å². The first-order valence-corrected chi connectivity index (χ1v) is 6.71. The van der Waals surface area contributed by atoms with Crippen LogP contribution in [0.15, 0.2) is 72.8 Å². The van der Waals surface area contributed by atoms with Crippen molar-refractivity contribution < 1.29 is 4.74 Å². The van der Waals surface area contributed by atoms with E-state index in [0.717, 1.165) is 16.9 Å². The van der Waals surface area contributed by atoms with Crippen LogP contribution in [0.25, 0.3) is 11.1 Å². The zero-order valence-electron chi connectivity index (χ0n) is 11.5. The monoisotopic (exact) mass is 276 g/mol. The molecular formula is C18H16N2O. The van der Waals surface area contributed by atoms with Crippen molar-refractivity contribution in [2.24, 2.45) is 0 Å². The van der Waals surface area contributed by atoms with E-state index in [4.69, 9.17) is 16.2 Å². The van der Waals surface area contributed by atoms with Crippen LogP contribution in [0.4, 0.5) is 11.4 Å². The molecule has 0 saturated heterocycles. The fourth-order valence-corrected chi connectivity index (χ4v) is 2.25. The minimum absolute atomic E-state index is 0.661. The molecule has 0 aliphatic carbocycles. The van der Waals surface area contributed by atoms with Gasteiger partial charge in [-0.15, -0.1) is 0 Å². The summed E-state index contributed by atoms with van der Waals surface area (Å²) in [5, 5.41) is 0. The fraction of sp³-hybridized carbons (Fsp3) is 0. The van der Waals surface area contributed by atoms with Crippen LogP contribution in [0.5, 0.6) is 11.5 Å². The first kappa shape index (κ1) is 13.1. The van der Waals surface area contributed by atoms with Gasteiger partial charge in [0.25, 0.3) is 0 Å². The summed E-state index contributed by atoms with van der Waals surface area (Å²) in [7, 11) is 0. The molecule has 0 spiro atoms. The average molecular weight is 276 g/mol. The Morgan fingerprint density at radius 2 is 1.48 bits per heavy atom. The van der Waals surface area contributed by atoms with E-state index in [1.807, 2.05) is 72.8 Å². The van der Waals surface area contributed by atoms with Gasteiger partial charge in [-0.25, -0.2) is 0 Å². The molecule has 0 radical (unpaired) electrons. The Bertz CT molecular complexity index is 754.